The third kappa shape index (κ3) is 2.92. The molecule has 2 aromatic rings. The van der Waals surface area contributed by atoms with Gasteiger partial charge in [-0.05, 0) is 31.2 Å². The van der Waals surface area contributed by atoms with Gasteiger partial charge in [-0.25, -0.2) is 0 Å². The van der Waals surface area contributed by atoms with Crippen molar-refractivity contribution in [1.82, 2.24) is 0 Å². The Labute approximate surface area is 106 Å². The Morgan fingerprint density at radius 2 is 1.59 bits per heavy atom. The van der Waals surface area contributed by atoms with Gasteiger partial charge in [-0.2, -0.15) is 0 Å². The van der Waals surface area contributed by atoms with Gasteiger partial charge in [0, 0.05) is 6.07 Å². The molecule has 0 aliphatic rings. The van der Waals surface area contributed by atoms with Crippen LogP contribution in [0.25, 0.3) is 0 Å². The van der Waals surface area contributed by atoms with Crippen LogP contribution in [0, 0.1) is 6.92 Å². The molecule has 0 N–H and O–H groups in total. The normalized spacial score (nSPS) is 10.1. The maximum absolute atomic E-state index is 6.08. The van der Waals surface area contributed by atoms with Gasteiger partial charge >= 0.3 is 0 Å². The lowest BCUT2D eigenvalue weighted by molar-refractivity contribution is 0.413. The molecule has 0 fully saturated rings. The number of hydrogen-bond donors (Lipinski definition) is 0. The molecule has 2 nitrogen and oxygen atoms in total. The summed E-state index contributed by atoms with van der Waals surface area (Å²) in [5.41, 5.74) is 1.19. The number of rotatable bonds is 3. The molecule has 88 valence electrons. The first-order chi connectivity index (χ1) is 8.19. The number of ether oxygens (including phenoxy) is 2. The van der Waals surface area contributed by atoms with Crippen LogP contribution in [0.15, 0.2) is 42.5 Å². The third-order valence-corrected chi connectivity index (χ3v) is 2.68. The second kappa shape index (κ2) is 5.11. The van der Waals surface area contributed by atoms with Crippen LogP contribution in [-0.4, -0.2) is 7.11 Å². The van der Waals surface area contributed by atoms with Crippen LogP contribution in [0.2, 0.25) is 5.02 Å². The van der Waals surface area contributed by atoms with Crippen LogP contribution < -0.4 is 9.47 Å². The van der Waals surface area contributed by atoms with Gasteiger partial charge in [0.25, 0.3) is 0 Å². The molecular formula is C14H13ClO2. The molecular weight excluding hydrogens is 236 g/mol. The van der Waals surface area contributed by atoms with Gasteiger partial charge in [-0.3, -0.25) is 0 Å². The maximum Gasteiger partial charge on any atom is 0.146 e. The van der Waals surface area contributed by atoms with Crippen molar-refractivity contribution in [2.24, 2.45) is 0 Å². The van der Waals surface area contributed by atoms with Crippen LogP contribution in [0.4, 0.5) is 0 Å². The van der Waals surface area contributed by atoms with E-state index in [1.54, 1.807) is 19.2 Å². The molecule has 0 radical (unpaired) electrons. The molecule has 0 aliphatic heterocycles. The fourth-order valence-corrected chi connectivity index (χ4v) is 1.63. The predicted molar refractivity (Wildman–Crippen MR) is 69.3 cm³/mol. The van der Waals surface area contributed by atoms with E-state index in [4.69, 9.17) is 21.1 Å². The maximum atomic E-state index is 6.08. The molecule has 0 heterocycles. The molecule has 2 aromatic carbocycles. The fraction of sp³-hybridized carbons (Fsp3) is 0.143. The zero-order valence-electron chi connectivity index (χ0n) is 9.74. The van der Waals surface area contributed by atoms with Gasteiger partial charge in [-0.1, -0.05) is 29.3 Å². The predicted octanol–water partition coefficient (Wildman–Crippen LogP) is 4.45. The average Bonchev–Trinajstić information content (AvgIpc) is 2.34. The second-order valence-electron chi connectivity index (χ2n) is 3.71. The first-order valence-corrected chi connectivity index (χ1v) is 5.65. The first-order valence-electron chi connectivity index (χ1n) is 5.27. The highest BCUT2D eigenvalue weighted by Crippen LogP contribution is 2.32. The van der Waals surface area contributed by atoms with Crippen molar-refractivity contribution in [2.45, 2.75) is 6.92 Å². The second-order valence-corrected chi connectivity index (χ2v) is 4.12. The molecule has 17 heavy (non-hydrogen) atoms. The minimum Gasteiger partial charge on any atom is -0.497 e. The van der Waals surface area contributed by atoms with Gasteiger partial charge < -0.3 is 9.47 Å². The highest BCUT2D eigenvalue weighted by Gasteiger charge is 2.04. The van der Waals surface area contributed by atoms with Crippen molar-refractivity contribution < 1.29 is 9.47 Å². The Hall–Kier alpha value is -1.67. The van der Waals surface area contributed by atoms with Crippen molar-refractivity contribution in [3.8, 4) is 17.2 Å². The van der Waals surface area contributed by atoms with Gasteiger partial charge in [0.15, 0.2) is 0 Å². The van der Waals surface area contributed by atoms with Crippen LogP contribution in [0.1, 0.15) is 5.56 Å². The minimum atomic E-state index is 0.532. The smallest absolute Gasteiger partial charge is 0.146 e. The average molecular weight is 249 g/mol. The van der Waals surface area contributed by atoms with Gasteiger partial charge in [0.2, 0.25) is 0 Å². The Kier molecular flexibility index (Phi) is 3.55. The van der Waals surface area contributed by atoms with E-state index in [1.165, 1.54) is 5.56 Å². The van der Waals surface area contributed by atoms with E-state index in [1.807, 2.05) is 37.3 Å². The molecule has 3 heteroatoms. The highest BCUT2D eigenvalue weighted by molar-refractivity contribution is 6.32. The van der Waals surface area contributed by atoms with E-state index in [9.17, 15) is 0 Å². The Morgan fingerprint density at radius 1 is 0.941 bits per heavy atom. The summed E-state index contributed by atoms with van der Waals surface area (Å²) in [5.74, 6) is 2.10. The quantitative estimate of drug-likeness (QED) is 0.799. The zero-order chi connectivity index (χ0) is 12.3. The van der Waals surface area contributed by atoms with Gasteiger partial charge in [0.1, 0.15) is 17.2 Å². The molecule has 0 unspecified atom stereocenters. The number of methoxy groups -OCH3 is 1. The Balaban J connectivity index is 2.21. The fourth-order valence-electron chi connectivity index (χ4n) is 1.42. The van der Waals surface area contributed by atoms with E-state index in [2.05, 4.69) is 0 Å². The summed E-state index contributed by atoms with van der Waals surface area (Å²) in [6, 6.07) is 13.1. The monoisotopic (exact) mass is 248 g/mol. The lowest BCUT2D eigenvalue weighted by Gasteiger charge is -2.09. The first kappa shape index (κ1) is 11.8. The molecule has 0 aromatic heterocycles. The Morgan fingerprint density at radius 3 is 2.18 bits per heavy atom. The largest absolute Gasteiger partial charge is 0.497 e. The topological polar surface area (TPSA) is 18.5 Å². The summed E-state index contributed by atoms with van der Waals surface area (Å²) in [4.78, 5) is 0. The SMILES string of the molecule is COc1ccc(Oc2ccc(C)cc2)c(Cl)c1. The standard InChI is InChI=1S/C14H13ClO2/c1-10-3-5-11(6-4-10)17-14-8-7-12(16-2)9-13(14)15/h3-9H,1-2H3. The summed E-state index contributed by atoms with van der Waals surface area (Å²) >= 11 is 6.08. The molecule has 0 saturated carbocycles. The van der Waals surface area contributed by atoms with E-state index in [0.29, 0.717) is 16.5 Å². The van der Waals surface area contributed by atoms with Gasteiger partial charge in [0.05, 0.1) is 12.1 Å². The molecule has 0 aliphatic carbocycles. The van der Waals surface area contributed by atoms with Crippen molar-refractivity contribution in [1.29, 1.82) is 0 Å². The third-order valence-electron chi connectivity index (χ3n) is 2.39. The van der Waals surface area contributed by atoms with E-state index in [-0.39, 0.29) is 0 Å². The van der Waals surface area contributed by atoms with E-state index >= 15 is 0 Å². The number of hydrogen-bond acceptors (Lipinski definition) is 2. The van der Waals surface area contributed by atoms with Crippen LogP contribution >= 0.6 is 11.6 Å². The number of aryl methyl sites for hydroxylation is 1. The van der Waals surface area contributed by atoms with Crippen molar-refractivity contribution in [3.63, 3.8) is 0 Å². The van der Waals surface area contributed by atoms with E-state index in [0.717, 1.165) is 5.75 Å². The highest BCUT2D eigenvalue weighted by atomic mass is 35.5. The minimum absolute atomic E-state index is 0.532. The molecule has 0 atom stereocenters. The van der Waals surface area contributed by atoms with Crippen molar-refractivity contribution in [2.75, 3.05) is 7.11 Å². The molecule has 0 spiro atoms. The lowest BCUT2D eigenvalue weighted by Crippen LogP contribution is -1.87. The van der Waals surface area contributed by atoms with Crippen LogP contribution in [0.5, 0.6) is 17.2 Å². The molecule has 0 saturated heterocycles. The lowest BCUT2D eigenvalue weighted by atomic mass is 10.2. The summed E-state index contributed by atoms with van der Waals surface area (Å²) in [5, 5.41) is 0.532. The van der Waals surface area contributed by atoms with Crippen molar-refractivity contribution in [3.05, 3.63) is 53.1 Å². The summed E-state index contributed by atoms with van der Waals surface area (Å²) < 4.78 is 10.8. The van der Waals surface area contributed by atoms with Crippen LogP contribution in [0.3, 0.4) is 0 Å². The number of halogens is 1. The number of benzene rings is 2. The molecule has 0 bridgehead atoms. The van der Waals surface area contributed by atoms with Crippen molar-refractivity contribution >= 4 is 11.6 Å². The summed E-state index contributed by atoms with van der Waals surface area (Å²) in [6.45, 7) is 2.03. The van der Waals surface area contributed by atoms with Gasteiger partial charge in [-0.15, -0.1) is 0 Å². The zero-order valence-corrected chi connectivity index (χ0v) is 10.5. The Bertz CT molecular complexity index is 506. The molecule has 2 rings (SSSR count). The summed E-state index contributed by atoms with van der Waals surface area (Å²) in [7, 11) is 1.60. The summed E-state index contributed by atoms with van der Waals surface area (Å²) in [6.07, 6.45) is 0. The molecule has 0 amide bonds. The van der Waals surface area contributed by atoms with Crippen LogP contribution in [-0.2, 0) is 0 Å². The van der Waals surface area contributed by atoms with E-state index < -0.39 is 0 Å².